The van der Waals surface area contributed by atoms with Crippen molar-refractivity contribution in [3.63, 3.8) is 0 Å². The van der Waals surface area contributed by atoms with Crippen LogP contribution in [0.15, 0.2) is 24.3 Å². The lowest BCUT2D eigenvalue weighted by atomic mass is 10.1. The number of rotatable bonds is 54. The van der Waals surface area contributed by atoms with E-state index in [2.05, 4.69) is 73.7 Å². The molecule has 0 heterocycles. The first-order chi connectivity index (χ1) is 34.2. The summed E-state index contributed by atoms with van der Waals surface area (Å²) < 4.78 is 22.2. The van der Waals surface area contributed by atoms with Crippen LogP contribution in [0.4, 0.5) is 0 Å². The zero-order valence-corrected chi connectivity index (χ0v) is 48.5. The molecule has 0 aliphatic rings. The van der Waals surface area contributed by atoms with E-state index in [0.717, 1.165) is 113 Å². The molecule has 410 valence electrons. The first kappa shape index (κ1) is 68.6. The van der Waals surface area contributed by atoms with Gasteiger partial charge in [0.2, 0.25) is 0 Å². The van der Waals surface area contributed by atoms with E-state index in [1.165, 1.54) is 77.0 Å². The summed E-state index contributed by atoms with van der Waals surface area (Å²) in [6, 6.07) is 0. The van der Waals surface area contributed by atoms with E-state index in [1.54, 1.807) is 21.6 Å². The Bertz CT molecular complexity index is 1180. The molecule has 0 unspecified atom stereocenters. The van der Waals surface area contributed by atoms with Gasteiger partial charge in [0.15, 0.2) is 0 Å². The van der Waals surface area contributed by atoms with Gasteiger partial charge in [0.1, 0.15) is 13.2 Å². The molecule has 0 amide bonds. The number of esters is 4. The van der Waals surface area contributed by atoms with Gasteiger partial charge in [-0.3, -0.25) is 19.2 Å². The Hall–Kier alpha value is -1.36. The Morgan fingerprint density at radius 3 is 1.07 bits per heavy atom. The maximum atomic E-state index is 12.8. The average molecular weight is 1060 g/mol. The molecular weight excluding hydrogens is 959 g/mol. The van der Waals surface area contributed by atoms with Gasteiger partial charge < -0.3 is 33.6 Å². The van der Waals surface area contributed by atoms with Gasteiger partial charge in [-0.15, -0.1) is 0 Å². The van der Waals surface area contributed by atoms with E-state index < -0.39 is 0 Å². The van der Waals surface area contributed by atoms with E-state index in [4.69, 9.17) is 18.9 Å². The van der Waals surface area contributed by atoms with Crippen molar-refractivity contribution in [2.75, 3.05) is 109 Å². The van der Waals surface area contributed by atoms with Crippen LogP contribution in [0.3, 0.4) is 0 Å². The van der Waals surface area contributed by atoms with Crippen molar-refractivity contribution < 1.29 is 38.1 Å². The van der Waals surface area contributed by atoms with Crippen molar-refractivity contribution in [1.29, 1.82) is 0 Å². The molecular formula is C55H103N3O8S4. The van der Waals surface area contributed by atoms with Crippen molar-refractivity contribution in [2.24, 2.45) is 0 Å². The fourth-order valence-electron chi connectivity index (χ4n) is 7.36. The van der Waals surface area contributed by atoms with Crippen molar-refractivity contribution in [3.8, 4) is 0 Å². The van der Waals surface area contributed by atoms with E-state index in [-0.39, 0.29) is 49.6 Å². The van der Waals surface area contributed by atoms with Gasteiger partial charge in [-0.25, -0.2) is 0 Å². The van der Waals surface area contributed by atoms with Crippen LogP contribution in [-0.4, -0.2) is 147 Å². The minimum atomic E-state index is -0.198. The maximum Gasteiger partial charge on any atom is 0.307 e. The van der Waals surface area contributed by atoms with Crippen LogP contribution in [0.2, 0.25) is 0 Å². The summed E-state index contributed by atoms with van der Waals surface area (Å²) in [7, 11) is 9.42. The summed E-state index contributed by atoms with van der Waals surface area (Å²) in [5, 5.41) is 0. The lowest BCUT2D eigenvalue weighted by molar-refractivity contribution is -0.145. The molecule has 0 N–H and O–H groups in total. The zero-order valence-electron chi connectivity index (χ0n) is 45.2. The number of carbonyl (C=O) groups excluding carboxylic acids is 4. The normalized spacial score (nSPS) is 11.8. The van der Waals surface area contributed by atoms with E-state index in [1.807, 2.05) is 21.6 Å². The van der Waals surface area contributed by atoms with Crippen LogP contribution in [-0.2, 0) is 38.1 Å². The Morgan fingerprint density at radius 1 is 0.357 bits per heavy atom. The second-order valence-corrected chi connectivity index (χ2v) is 23.6. The molecule has 0 saturated carbocycles. The lowest BCUT2D eigenvalue weighted by Gasteiger charge is -2.25. The summed E-state index contributed by atoms with van der Waals surface area (Å²) in [4.78, 5) is 57.5. The first-order valence-electron chi connectivity index (χ1n) is 27.8. The van der Waals surface area contributed by atoms with Crippen LogP contribution in [0.5, 0.6) is 0 Å². The van der Waals surface area contributed by atoms with E-state index in [9.17, 15) is 19.2 Å². The molecule has 0 atom stereocenters. The van der Waals surface area contributed by atoms with Gasteiger partial charge >= 0.3 is 23.9 Å². The standard InChI is InChI=1S/C55H103N3O8S4/c1-6-10-14-18-22-26-44-63-52(59)32-40-57(41-33-53(60)64-45-27-23-19-15-11-7-2)38-30-36-56(5)37-31-39-58(42-34-54(61)65-46-50-69-67-48-28-24-20-16-12-8-3)43-35-55(62)66-47-51-70-68-49-29-25-21-17-13-9-4/h10-11,14-15H,6-9,12-13,16-51H2,1-5H3/b14-10-,15-11-. The number of hydrogen-bond donors (Lipinski definition) is 0. The third-order valence-electron chi connectivity index (χ3n) is 11.6. The highest BCUT2D eigenvalue weighted by molar-refractivity contribution is 8.77. The molecule has 0 aliphatic carbocycles. The van der Waals surface area contributed by atoms with Gasteiger partial charge in [0, 0.05) is 49.2 Å². The topological polar surface area (TPSA) is 115 Å². The highest BCUT2D eigenvalue weighted by atomic mass is 33.1. The SMILES string of the molecule is CC/C=C\CCCCOC(=O)CCN(CCCN(C)CCCN(CCC(=O)OCCSSCCCCCCCC)CCC(=O)OCCSSCCCCCCCC)CCC(=O)OCCCC/C=C\CC. The molecule has 70 heavy (non-hydrogen) atoms. The van der Waals surface area contributed by atoms with Crippen molar-refractivity contribution >= 4 is 67.1 Å². The third kappa shape index (κ3) is 51.5. The highest BCUT2D eigenvalue weighted by Gasteiger charge is 2.15. The van der Waals surface area contributed by atoms with E-state index >= 15 is 0 Å². The molecule has 0 aromatic heterocycles. The first-order valence-corrected chi connectivity index (χ1v) is 32.8. The molecule has 0 aromatic rings. The maximum absolute atomic E-state index is 12.8. The predicted octanol–water partition coefficient (Wildman–Crippen LogP) is 13.8. The summed E-state index contributed by atoms with van der Waals surface area (Å²) in [5.41, 5.74) is 0. The minimum Gasteiger partial charge on any atom is -0.466 e. The summed E-state index contributed by atoms with van der Waals surface area (Å²) in [5.74, 6) is 3.06. The number of carbonyl (C=O) groups is 4. The molecule has 15 heteroatoms. The van der Waals surface area contributed by atoms with Crippen LogP contribution >= 0.6 is 43.2 Å². The zero-order chi connectivity index (χ0) is 51.2. The molecule has 0 radical (unpaired) electrons. The fraction of sp³-hybridized carbons (Fsp3) is 0.855. The molecule has 0 saturated heterocycles. The smallest absolute Gasteiger partial charge is 0.307 e. The third-order valence-corrected chi connectivity index (χ3v) is 16.5. The second-order valence-electron chi connectivity index (χ2n) is 18.1. The molecule has 0 rings (SSSR count). The summed E-state index contributed by atoms with van der Waals surface area (Å²) in [6.07, 6.45) is 35.0. The van der Waals surface area contributed by atoms with Crippen LogP contribution in [0, 0.1) is 0 Å². The van der Waals surface area contributed by atoms with Crippen LogP contribution in [0.1, 0.15) is 195 Å². The largest absolute Gasteiger partial charge is 0.466 e. The van der Waals surface area contributed by atoms with Gasteiger partial charge in [0.05, 0.1) is 38.9 Å². The number of nitrogens with zero attached hydrogens (tertiary/aromatic N) is 3. The molecule has 0 fully saturated rings. The second kappa shape index (κ2) is 55.4. The molecule has 0 aromatic carbocycles. The van der Waals surface area contributed by atoms with Crippen LogP contribution in [0.25, 0.3) is 0 Å². The van der Waals surface area contributed by atoms with Gasteiger partial charge in [-0.1, -0.05) is 159 Å². The van der Waals surface area contributed by atoms with Crippen molar-refractivity contribution in [2.45, 2.75) is 195 Å². The molecule has 0 aliphatic heterocycles. The average Bonchev–Trinajstić information content (AvgIpc) is 3.35. The number of allylic oxidation sites excluding steroid dienone is 4. The summed E-state index contributed by atoms with van der Waals surface area (Å²) in [6.45, 7) is 15.8. The Labute approximate surface area is 445 Å². The van der Waals surface area contributed by atoms with Gasteiger partial charge in [0.25, 0.3) is 0 Å². The predicted molar refractivity (Wildman–Crippen MR) is 305 cm³/mol. The molecule has 0 spiro atoms. The van der Waals surface area contributed by atoms with Crippen LogP contribution < -0.4 is 0 Å². The minimum absolute atomic E-state index is 0.196. The molecule has 11 nitrogen and oxygen atoms in total. The summed E-state index contributed by atoms with van der Waals surface area (Å²) >= 11 is 0. The van der Waals surface area contributed by atoms with E-state index in [0.29, 0.717) is 52.6 Å². The highest BCUT2D eigenvalue weighted by Crippen LogP contribution is 2.24. The van der Waals surface area contributed by atoms with Crippen molar-refractivity contribution in [1.82, 2.24) is 14.7 Å². The van der Waals surface area contributed by atoms with Crippen molar-refractivity contribution in [3.05, 3.63) is 24.3 Å². The van der Waals surface area contributed by atoms with Gasteiger partial charge in [-0.2, -0.15) is 0 Å². The Morgan fingerprint density at radius 2 is 0.700 bits per heavy atom. The van der Waals surface area contributed by atoms with Gasteiger partial charge in [-0.05, 0) is 110 Å². The number of ether oxygens (including phenoxy) is 4. The Balaban J connectivity index is 5.00. The fourth-order valence-corrected chi connectivity index (χ4v) is 11.3. The monoisotopic (exact) mass is 1060 g/mol. The quantitative estimate of drug-likeness (QED) is 0.0189. The number of unbranched alkanes of at least 4 members (excludes halogenated alkanes) is 14. The molecule has 0 bridgehead atoms. The Kier molecular flexibility index (Phi) is 54.3. The number of hydrogen-bond acceptors (Lipinski definition) is 15. The lowest BCUT2D eigenvalue weighted by Crippen LogP contribution is -2.34.